The number of carbonyl (C=O) groups is 2. The molecule has 0 radical (unpaired) electrons. The first-order valence-corrected chi connectivity index (χ1v) is 13.8. The number of rotatable bonds is 15. The van der Waals surface area contributed by atoms with Crippen LogP contribution in [0.15, 0.2) is 18.2 Å². The highest BCUT2D eigenvalue weighted by Gasteiger charge is 2.44. The number of esters is 1. The predicted octanol–water partition coefficient (Wildman–Crippen LogP) is 4.69. The molecule has 1 saturated carbocycles. The predicted molar refractivity (Wildman–Crippen MR) is 137 cm³/mol. The number of aliphatic hydroxyl groups is 2. The second kappa shape index (κ2) is 14.0. The van der Waals surface area contributed by atoms with Crippen LogP contribution in [0.25, 0.3) is 0 Å². The molecule has 0 aromatic heterocycles. The summed E-state index contributed by atoms with van der Waals surface area (Å²) in [6.45, 7) is 3.78. The Morgan fingerprint density at radius 3 is 2.67 bits per heavy atom. The highest BCUT2D eigenvalue weighted by molar-refractivity contribution is 5.71. The zero-order valence-electron chi connectivity index (χ0n) is 21.9. The van der Waals surface area contributed by atoms with Gasteiger partial charge >= 0.3 is 11.9 Å². The van der Waals surface area contributed by atoms with Gasteiger partial charge in [-0.05, 0) is 99.7 Å². The van der Waals surface area contributed by atoms with Crippen LogP contribution in [-0.4, -0.2) is 52.2 Å². The standard InChI is InChI=1S/C29H44O7/c1-3-8-22(30)13-14-23-24-15-20-10-7-11-27(25(20)16-21(24)17-26(23)31)35-18-29(34)36-19(2)9-5-4-6-12-28(32)33/h7,10-11,19,21-24,26,30-31H,3-6,8-9,12-18H2,1-2H3,(H,32,33)/t19?,21-,22-,23+,24-,26+/m0/s1. The Labute approximate surface area is 215 Å². The van der Waals surface area contributed by atoms with Crippen molar-refractivity contribution in [2.75, 3.05) is 6.61 Å². The van der Waals surface area contributed by atoms with Crippen LogP contribution in [0.3, 0.4) is 0 Å². The number of aliphatic carboxylic acids is 1. The van der Waals surface area contributed by atoms with E-state index >= 15 is 0 Å². The van der Waals surface area contributed by atoms with E-state index < -0.39 is 11.9 Å². The van der Waals surface area contributed by atoms with E-state index in [2.05, 4.69) is 13.0 Å². The Hall–Kier alpha value is -2.12. The number of unbranched alkanes of at least 4 members (excludes halogenated alkanes) is 2. The molecule has 0 spiro atoms. The third kappa shape index (κ3) is 8.20. The normalized spacial score (nSPS) is 24.4. The molecule has 2 aliphatic rings. The number of carboxylic acid groups (broad SMARTS) is 1. The van der Waals surface area contributed by atoms with Gasteiger partial charge in [-0.1, -0.05) is 31.9 Å². The first kappa shape index (κ1) is 28.5. The molecule has 6 atom stereocenters. The van der Waals surface area contributed by atoms with Gasteiger partial charge in [0.25, 0.3) is 0 Å². The van der Waals surface area contributed by atoms with Crippen LogP contribution in [0.1, 0.15) is 89.2 Å². The lowest BCUT2D eigenvalue weighted by atomic mass is 9.73. The summed E-state index contributed by atoms with van der Waals surface area (Å²) < 4.78 is 11.4. The molecule has 1 aromatic carbocycles. The van der Waals surface area contributed by atoms with Crippen LogP contribution < -0.4 is 4.74 Å². The quantitative estimate of drug-likeness (QED) is 0.235. The summed E-state index contributed by atoms with van der Waals surface area (Å²) >= 11 is 0. The van der Waals surface area contributed by atoms with Crippen molar-refractivity contribution in [2.45, 2.75) is 109 Å². The third-order valence-corrected chi connectivity index (χ3v) is 7.98. The minimum atomic E-state index is -0.781. The molecule has 0 bridgehead atoms. The lowest BCUT2D eigenvalue weighted by Gasteiger charge is -2.32. The molecule has 1 unspecified atom stereocenters. The van der Waals surface area contributed by atoms with Crippen molar-refractivity contribution in [3.05, 3.63) is 29.3 Å². The molecule has 7 nitrogen and oxygen atoms in total. The van der Waals surface area contributed by atoms with E-state index in [1.165, 1.54) is 5.56 Å². The third-order valence-electron chi connectivity index (χ3n) is 7.98. The van der Waals surface area contributed by atoms with Gasteiger partial charge in [0.1, 0.15) is 5.75 Å². The Kier molecular flexibility index (Phi) is 11.1. The first-order valence-electron chi connectivity index (χ1n) is 13.8. The van der Waals surface area contributed by atoms with Crippen LogP contribution in [0.5, 0.6) is 5.75 Å². The van der Waals surface area contributed by atoms with Crippen molar-refractivity contribution in [3.63, 3.8) is 0 Å². The zero-order chi connectivity index (χ0) is 26.1. The number of ether oxygens (including phenoxy) is 2. The monoisotopic (exact) mass is 504 g/mol. The summed E-state index contributed by atoms with van der Waals surface area (Å²) in [6.07, 6.45) is 8.20. The average Bonchev–Trinajstić information content (AvgIpc) is 3.13. The molecule has 0 heterocycles. The largest absolute Gasteiger partial charge is 0.482 e. The molecule has 7 heteroatoms. The van der Waals surface area contributed by atoms with Gasteiger partial charge in [0.15, 0.2) is 6.61 Å². The van der Waals surface area contributed by atoms with Gasteiger partial charge in [-0.3, -0.25) is 4.79 Å². The molecule has 0 aliphatic heterocycles. The van der Waals surface area contributed by atoms with Gasteiger partial charge in [0.2, 0.25) is 0 Å². The molecule has 1 aromatic rings. The van der Waals surface area contributed by atoms with E-state index in [9.17, 15) is 19.8 Å². The maximum absolute atomic E-state index is 12.3. The second-order valence-electron chi connectivity index (χ2n) is 10.8. The second-order valence-corrected chi connectivity index (χ2v) is 10.8. The van der Waals surface area contributed by atoms with Gasteiger partial charge in [-0.25, -0.2) is 4.79 Å². The Morgan fingerprint density at radius 2 is 1.92 bits per heavy atom. The molecule has 3 rings (SSSR count). The lowest BCUT2D eigenvalue weighted by Crippen LogP contribution is -2.28. The Morgan fingerprint density at radius 1 is 1.11 bits per heavy atom. The SMILES string of the molecule is CCC[C@H](O)CC[C@@H]1[C@H]2Cc3cccc(OCC(=O)OC(C)CCCCCC(=O)O)c3C[C@H]2C[C@H]1O. The average molecular weight is 505 g/mol. The van der Waals surface area contributed by atoms with E-state index in [-0.39, 0.29) is 37.3 Å². The molecule has 1 fully saturated rings. The van der Waals surface area contributed by atoms with E-state index in [1.54, 1.807) is 0 Å². The summed E-state index contributed by atoms with van der Waals surface area (Å²) in [4.78, 5) is 22.9. The van der Waals surface area contributed by atoms with Crippen LogP contribution >= 0.6 is 0 Å². The van der Waals surface area contributed by atoms with Gasteiger partial charge < -0.3 is 24.8 Å². The van der Waals surface area contributed by atoms with Gasteiger partial charge in [0.05, 0.1) is 18.3 Å². The fourth-order valence-electron chi connectivity index (χ4n) is 6.14. The number of benzene rings is 1. The van der Waals surface area contributed by atoms with Crippen molar-refractivity contribution in [3.8, 4) is 5.75 Å². The fourth-order valence-corrected chi connectivity index (χ4v) is 6.14. The van der Waals surface area contributed by atoms with Crippen molar-refractivity contribution in [2.24, 2.45) is 17.8 Å². The molecule has 202 valence electrons. The fraction of sp³-hybridized carbons (Fsp3) is 0.724. The maximum atomic E-state index is 12.3. The minimum Gasteiger partial charge on any atom is -0.482 e. The number of aliphatic hydroxyl groups excluding tert-OH is 2. The summed E-state index contributed by atoms with van der Waals surface area (Å²) in [5.74, 6) is 0.564. The van der Waals surface area contributed by atoms with Crippen molar-refractivity contribution in [1.29, 1.82) is 0 Å². The van der Waals surface area contributed by atoms with Crippen molar-refractivity contribution >= 4 is 11.9 Å². The van der Waals surface area contributed by atoms with E-state index in [4.69, 9.17) is 14.6 Å². The summed E-state index contributed by atoms with van der Waals surface area (Å²) in [6, 6.07) is 5.99. The molecule has 2 aliphatic carbocycles. The molecule has 0 saturated heterocycles. The summed E-state index contributed by atoms with van der Waals surface area (Å²) in [5.41, 5.74) is 2.36. The van der Waals surface area contributed by atoms with E-state index in [1.807, 2.05) is 19.1 Å². The number of hydrogen-bond donors (Lipinski definition) is 3. The molecular formula is C29H44O7. The minimum absolute atomic E-state index is 0.144. The highest BCUT2D eigenvalue weighted by atomic mass is 16.6. The highest BCUT2D eigenvalue weighted by Crippen LogP contribution is 2.48. The smallest absolute Gasteiger partial charge is 0.344 e. The first-order chi connectivity index (χ1) is 17.3. The Bertz CT molecular complexity index is 854. The van der Waals surface area contributed by atoms with Gasteiger partial charge in [-0.2, -0.15) is 0 Å². The molecule has 0 amide bonds. The molecule has 36 heavy (non-hydrogen) atoms. The molecular weight excluding hydrogens is 460 g/mol. The van der Waals surface area contributed by atoms with Crippen LogP contribution in [0, 0.1) is 17.8 Å². The zero-order valence-corrected chi connectivity index (χ0v) is 21.9. The van der Waals surface area contributed by atoms with Crippen molar-refractivity contribution in [1.82, 2.24) is 0 Å². The van der Waals surface area contributed by atoms with Crippen LogP contribution in [-0.2, 0) is 27.2 Å². The maximum Gasteiger partial charge on any atom is 0.344 e. The number of carbonyl (C=O) groups excluding carboxylic acids is 1. The molecule has 3 N–H and O–H groups in total. The number of fused-ring (bicyclic) bond motifs is 2. The summed E-state index contributed by atoms with van der Waals surface area (Å²) in [7, 11) is 0. The van der Waals surface area contributed by atoms with Crippen LogP contribution in [0.4, 0.5) is 0 Å². The van der Waals surface area contributed by atoms with E-state index in [0.29, 0.717) is 24.7 Å². The van der Waals surface area contributed by atoms with Crippen molar-refractivity contribution < 1.29 is 34.4 Å². The summed E-state index contributed by atoms with van der Waals surface area (Å²) in [5, 5.41) is 29.6. The van der Waals surface area contributed by atoms with Gasteiger partial charge in [0, 0.05) is 6.42 Å². The Balaban J connectivity index is 1.49. The topological polar surface area (TPSA) is 113 Å². The van der Waals surface area contributed by atoms with E-state index in [0.717, 1.165) is 69.1 Å². The van der Waals surface area contributed by atoms with Gasteiger partial charge in [-0.15, -0.1) is 0 Å². The lowest BCUT2D eigenvalue weighted by molar-refractivity contribution is -0.151. The van der Waals surface area contributed by atoms with Crippen LogP contribution in [0.2, 0.25) is 0 Å². The number of hydrogen-bond acceptors (Lipinski definition) is 6. The number of carboxylic acids is 1.